The van der Waals surface area contributed by atoms with Crippen LogP contribution in [0.25, 0.3) is 0 Å². The molecule has 0 bridgehead atoms. The molecule has 0 N–H and O–H groups in total. The van der Waals surface area contributed by atoms with Crippen molar-refractivity contribution in [3.63, 3.8) is 0 Å². The Morgan fingerprint density at radius 2 is 1.71 bits per heavy atom. The maximum absolute atomic E-state index is 14.0. The molecule has 1 saturated carbocycles. The first kappa shape index (κ1) is 22.1. The second kappa shape index (κ2) is 10.5. The van der Waals surface area contributed by atoms with Gasteiger partial charge in [-0.1, -0.05) is 29.6 Å². The number of benzene rings is 1. The second-order valence-corrected chi connectivity index (χ2v) is 9.43. The van der Waals surface area contributed by atoms with E-state index in [1.807, 2.05) is 5.16 Å². The van der Waals surface area contributed by atoms with Gasteiger partial charge < -0.3 is 0 Å². The third-order valence-corrected chi connectivity index (χ3v) is 7.33. The van der Waals surface area contributed by atoms with Gasteiger partial charge in [0, 0.05) is 5.56 Å². The Kier molecular flexibility index (Phi) is 7.49. The fraction of sp³-hybridized carbons (Fsp3) is 0.519. The number of halogens is 2. The molecule has 0 aliphatic heterocycles. The Labute approximate surface area is 189 Å². The van der Waals surface area contributed by atoms with Crippen LogP contribution >= 0.6 is 12.2 Å². The van der Waals surface area contributed by atoms with Crippen molar-refractivity contribution in [1.29, 1.82) is 0 Å². The largest absolute Gasteiger partial charge is 0.204 e. The summed E-state index contributed by atoms with van der Waals surface area (Å²) in [7, 11) is 0. The van der Waals surface area contributed by atoms with E-state index in [4.69, 9.17) is 0 Å². The molecule has 31 heavy (non-hydrogen) atoms. The fourth-order valence-corrected chi connectivity index (χ4v) is 5.59. The van der Waals surface area contributed by atoms with Crippen LogP contribution in [-0.2, 0) is 0 Å². The van der Waals surface area contributed by atoms with Crippen LogP contribution in [0.1, 0.15) is 76.2 Å². The van der Waals surface area contributed by atoms with E-state index in [1.54, 1.807) is 5.57 Å². The molecule has 0 spiro atoms. The lowest BCUT2D eigenvalue weighted by Gasteiger charge is -2.35. The molecule has 1 aromatic rings. The van der Waals surface area contributed by atoms with E-state index in [1.165, 1.54) is 69.9 Å². The Bertz CT molecular complexity index is 959. The molecule has 1 aromatic carbocycles. The molecular weight excluding hydrogens is 408 g/mol. The maximum atomic E-state index is 14.0. The molecule has 0 aromatic heterocycles. The van der Waals surface area contributed by atoms with Crippen molar-refractivity contribution in [1.82, 2.24) is 0 Å². The summed E-state index contributed by atoms with van der Waals surface area (Å²) in [6.45, 7) is 0. The number of isothiocyanates is 1. The predicted molar refractivity (Wildman–Crippen MR) is 125 cm³/mol. The summed E-state index contributed by atoms with van der Waals surface area (Å²) in [5.41, 5.74) is 2.71. The second-order valence-electron chi connectivity index (χ2n) is 9.24. The molecule has 1 nitrogen and oxygen atoms in total. The summed E-state index contributed by atoms with van der Waals surface area (Å²) in [5.74, 6) is 7.01. The zero-order valence-corrected chi connectivity index (χ0v) is 18.7. The van der Waals surface area contributed by atoms with Crippen LogP contribution in [0.2, 0.25) is 0 Å². The van der Waals surface area contributed by atoms with E-state index in [0.29, 0.717) is 5.56 Å². The van der Waals surface area contributed by atoms with Gasteiger partial charge in [0.25, 0.3) is 0 Å². The first-order chi connectivity index (χ1) is 15.1. The third kappa shape index (κ3) is 5.79. The van der Waals surface area contributed by atoms with Crippen LogP contribution in [0.3, 0.4) is 0 Å². The number of hydrogen-bond donors (Lipinski definition) is 0. The van der Waals surface area contributed by atoms with Crippen molar-refractivity contribution in [3.05, 3.63) is 52.6 Å². The van der Waals surface area contributed by atoms with Crippen molar-refractivity contribution in [2.45, 2.75) is 70.6 Å². The van der Waals surface area contributed by atoms with E-state index in [9.17, 15) is 8.78 Å². The number of allylic oxidation sites excluding steroid dienone is 4. The molecule has 1 unspecified atom stereocenters. The van der Waals surface area contributed by atoms with Crippen LogP contribution in [0.15, 0.2) is 40.4 Å². The van der Waals surface area contributed by atoms with E-state index < -0.39 is 17.3 Å². The van der Waals surface area contributed by atoms with E-state index in [-0.39, 0.29) is 0 Å². The predicted octanol–water partition coefficient (Wildman–Crippen LogP) is 8.08. The highest BCUT2D eigenvalue weighted by atomic mass is 32.1. The standard InChI is InChI=1S/C27H29F2NS/c28-25-16-22(17-26(29)27(25)30-18-31)6-5-19-7-11-23(12-8-19)24-13-9-21(10-14-24)15-20-3-1-2-4-20/h3,7,16-17,21,23-24H,1-2,4,8-15H2. The van der Waals surface area contributed by atoms with Gasteiger partial charge in [-0.15, -0.1) is 0 Å². The van der Waals surface area contributed by atoms with Crippen LogP contribution in [0.4, 0.5) is 14.5 Å². The van der Waals surface area contributed by atoms with Crippen LogP contribution in [0, 0.1) is 41.2 Å². The molecule has 3 aliphatic carbocycles. The molecule has 4 rings (SSSR count). The van der Waals surface area contributed by atoms with Crippen molar-refractivity contribution < 1.29 is 8.78 Å². The molecule has 0 amide bonds. The molecule has 1 fully saturated rings. The van der Waals surface area contributed by atoms with Gasteiger partial charge in [-0.3, -0.25) is 0 Å². The normalized spacial score (nSPS) is 25.7. The molecule has 0 heterocycles. The first-order valence-electron chi connectivity index (χ1n) is 11.6. The highest BCUT2D eigenvalue weighted by Crippen LogP contribution is 2.41. The lowest BCUT2D eigenvalue weighted by molar-refractivity contribution is 0.192. The van der Waals surface area contributed by atoms with Crippen LogP contribution in [-0.4, -0.2) is 5.16 Å². The molecule has 162 valence electrons. The number of nitrogens with zero attached hydrogens (tertiary/aromatic N) is 1. The van der Waals surface area contributed by atoms with Crippen molar-refractivity contribution >= 4 is 23.1 Å². The highest BCUT2D eigenvalue weighted by Gasteiger charge is 2.29. The SMILES string of the molecule is Fc1cc(C#CC2=CCC(C3CCC(CC4=CCCC4)CC3)CC2)cc(F)c1N=C=S. The van der Waals surface area contributed by atoms with Crippen LogP contribution < -0.4 is 0 Å². The van der Waals surface area contributed by atoms with Gasteiger partial charge in [0.15, 0.2) is 11.6 Å². The highest BCUT2D eigenvalue weighted by molar-refractivity contribution is 7.78. The zero-order valence-electron chi connectivity index (χ0n) is 17.9. The van der Waals surface area contributed by atoms with E-state index >= 15 is 0 Å². The summed E-state index contributed by atoms with van der Waals surface area (Å²) < 4.78 is 27.9. The van der Waals surface area contributed by atoms with Crippen LogP contribution in [0.5, 0.6) is 0 Å². The maximum Gasteiger partial charge on any atom is 0.153 e. The number of thiocarbonyl (C=S) groups is 1. The fourth-order valence-electron chi connectivity index (χ4n) is 5.50. The Balaban J connectivity index is 1.30. The topological polar surface area (TPSA) is 12.4 Å². The van der Waals surface area contributed by atoms with Crippen molar-refractivity contribution in [3.8, 4) is 11.8 Å². The Morgan fingerprint density at radius 3 is 2.32 bits per heavy atom. The van der Waals surface area contributed by atoms with Gasteiger partial charge in [-0.25, -0.2) is 8.78 Å². The smallest absolute Gasteiger partial charge is 0.153 e. The minimum absolute atomic E-state index is 0.317. The summed E-state index contributed by atoms with van der Waals surface area (Å²) >= 11 is 4.43. The molecule has 3 aliphatic rings. The molecule has 1 atom stereocenters. The van der Waals surface area contributed by atoms with Crippen molar-refractivity contribution in [2.75, 3.05) is 0 Å². The zero-order chi connectivity index (χ0) is 21.6. The Hall–Kier alpha value is -2.08. The minimum atomic E-state index is -0.765. The van der Waals surface area contributed by atoms with E-state index in [0.717, 1.165) is 36.2 Å². The average Bonchev–Trinajstić information content (AvgIpc) is 3.29. The quantitative estimate of drug-likeness (QED) is 0.201. The lowest BCUT2D eigenvalue weighted by Crippen LogP contribution is -2.23. The number of rotatable bonds is 4. The van der Waals surface area contributed by atoms with E-state index in [2.05, 4.69) is 41.2 Å². The van der Waals surface area contributed by atoms with Gasteiger partial charge >= 0.3 is 0 Å². The third-order valence-electron chi connectivity index (χ3n) is 7.24. The van der Waals surface area contributed by atoms with Gasteiger partial charge in [0.1, 0.15) is 5.69 Å². The molecule has 0 saturated heterocycles. The number of hydrogen-bond acceptors (Lipinski definition) is 2. The van der Waals surface area contributed by atoms with Gasteiger partial charge in [-0.05, 0) is 118 Å². The average molecular weight is 438 g/mol. The van der Waals surface area contributed by atoms with Gasteiger partial charge in [0.2, 0.25) is 0 Å². The van der Waals surface area contributed by atoms with Gasteiger partial charge in [-0.2, -0.15) is 4.99 Å². The molecular formula is C27H29F2NS. The molecule has 0 radical (unpaired) electrons. The van der Waals surface area contributed by atoms with Gasteiger partial charge in [0.05, 0.1) is 5.16 Å². The minimum Gasteiger partial charge on any atom is -0.204 e. The summed E-state index contributed by atoms with van der Waals surface area (Å²) in [4.78, 5) is 3.43. The number of aliphatic imine (C=N–C) groups is 1. The lowest BCUT2D eigenvalue weighted by atomic mass is 9.70. The monoisotopic (exact) mass is 437 g/mol. The summed E-state index contributed by atoms with van der Waals surface area (Å²) in [6, 6.07) is 2.40. The Morgan fingerprint density at radius 1 is 0.935 bits per heavy atom. The summed E-state index contributed by atoms with van der Waals surface area (Å²) in [5, 5.41) is 2.00. The van der Waals surface area contributed by atoms with Crippen molar-refractivity contribution in [2.24, 2.45) is 22.7 Å². The first-order valence-corrected chi connectivity index (χ1v) is 12.0. The summed E-state index contributed by atoms with van der Waals surface area (Å²) in [6.07, 6.45) is 18.8. The molecule has 4 heteroatoms.